The molecule has 26 heavy (non-hydrogen) atoms. The number of fused-ring (bicyclic) bond motifs is 1. The molecule has 3 rings (SSSR count). The molecule has 0 spiro atoms. The molecule has 0 unspecified atom stereocenters. The number of nitrogens with zero attached hydrogens (tertiary/aromatic N) is 2. The Balaban J connectivity index is 1.65. The number of aryl methyl sites for hydroxylation is 3. The average Bonchev–Trinajstić information content (AvgIpc) is 2.67. The van der Waals surface area contributed by atoms with Gasteiger partial charge in [-0.05, 0) is 36.6 Å². The molecule has 3 aromatic rings. The summed E-state index contributed by atoms with van der Waals surface area (Å²) in [7, 11) is 0. The first-order valence-electron chi connectivity index (χ1n) is 8.89. The fourth-order valence-corrected chi connectivity index (χ4v) is 2.94. The number of para-hydroxylation sites is 2. The van der Waals surface area contributed by atoms with E-state index in [0.717, 1.165) is 23.0 Å². The molecule has 5 nitrogen and oxygen atoms in total. The number of hydrogen-bond acceptors (Lipinski definition) is 3. The van der Waals surface area contributed by atoms with Crippen LogP contribution in [-0.4, -0.2) is 15.5 Å². The predicted molar refractivity (Wildman–Crippen MR) is 103 cm³/mol. The summed E-state index contributed by atoms with van der Waals surface area (Å²) >= 11 is 0. The molecule has 0 aliphatic rings. The zero-order chi connectivity index (χ0) is 18.5. The van der Waals surface area contributed by atoms with Crippen LogP contribution in [0.25, 0.3) is 11.0 Å². The Kier molecular flexibility index (Phi) is 5.46. The van der Waals surface area contributed by atoms with E-state index in [1.165, 1.54) is 5.56 Å². The number of carbonyl (C=O) groups is 1. The summed E-state index contributed by atoms with van der Waals surface area (Å²) in [4.78, 5) is 28.9. The second-order valence-corrected chi connectivity index (χ2v) is 6.34. The second-order valence-electron chi connectivity index (χ2n) is 6.34. The molecule has 0 radical (unpaired) electrons. The molecule has 0 atom stereocenters. The van der Waals surface area contributed by atoms with E-state index in [1.54, 1.807) is 11.5 Å². The van der Waals surface area contributed by atoms with Crippen LogP contribution in [0.4, 0.5) is 0 Å². The van der Waals surface area contributed by atoms with Gasteiger partial charge < -0.3 is 9.88 Å². The van der Waals surface area contributed by atoms with E-state index in [-0.39, 0.29) is 17.9 Å². The molecule has 134 valence electrons. The molecular weight excluding hydrogens is 326 g/mol. The van der Waals surface area contributed by atoms with Crippen LogP contribution >= 0.6 is 0 Å². The number of benzene rings is 2. The van der Waals surface area contributed by atoms with Gasteiger partial charge in [0.25, 0.3) is 5.56 Å². The predicted octanol–water partition coefficient (Wildman–Crippen LogP) is 2.97. The molecule has 5 heteroatoms. The summed E-state index contributed by atoms with van der Waals surface area (Å²) in [6, 6.07) is 15.7. The Morgan fingerprint density at radius 2 is 1.77 bits per heavy atom. The van der Waals surface area contributed by atoms with Crippen LogP contribution in [0.15, 0.2) is 53.3 Å². The second kappa shape index (κ2) is 7.95. The maximum absolute atomic E-state index is 12.4. The van der Waals surface area contributed by atoms with Crippen LogP contribution in [0.5, 0.6) is 0 Å². The van der Waals surface area contributed by atoms with Crippen molar-refractivity contribution in [2.75, 3.05) is 0 Å². The largest absolute Gasteiger partial charge is 0.352 e. The maximum atomic E-state index is 12.4. The van der Waals surface area contributed by atoms with Gasteiger partial charge in [-0.3, -0.25) is 9.59 Å². The fourth-order valence-electron chi connectivity index (χ4n) is 2.94. The molecular formula is C21H23N3O2. The normalized spacial score (nSPS) is 10.8. The molecule has 0 aliphatic carbocycles. The van der Waals surface area contributed by atoms with Crippen molar-refractivity contribution in [1.82, 2.24) is 14.9 Å². The van der Waals surface area contributed by atoms with E-state index in [2.05, 4.69) is 29.4 Å². The lowest BCUT2D eigenvalue weighted by atomic mass is 10.1. The molecule has 0 fully saturated rings. The first-order valence-corrected chi connectivity index (χ1v) is 8.89. The van der Waals surface area contributed by atoms with E-state index in [4.69, 9.17) is 0 Å². The number of rotatable bonds is 6. The van der Waals surface area contributed by atoms with Crippen LogP contribution in [0.2, 0.25) is 0 Å². The Bertz CT molecular complexity index is 975. The van der Waals surface area contributed by atoms with Crippen LogP contribution in [0.1, 0.15) is 30.2 Å². The highest BCUT2D eigenvalue weighted by Crippen LogP contribution is 2.10. The molecule has 1 amide bonds. The highest BCUT2D eigenvalue weighted by Gasteiger charge is 2.09. The molecule has 0 aliphatic heterocycles. The highest BCUT2D eigenvalue weighted by molar-refractivity contribution is 5.77. The van der Waals surface area contributed by atoms with Crippen molar-refractivity contribution in [2.45, 2.75) is 39.8 Å². The molecule has 1 N–H and O–H groups in total. The maximum Gasteiger partial charge on any atom is 0.272 e. The molecule has 0 saturated carbocycles. The molecule has 0 saturated heterocycles. The standard InChI is InChI=1S/C21H23N3O2/c1-3-16-8-10-17(11-9-16)14-22-20(25)12-13-24-19-7-5-4-6-18(19)23-15(2)21(24)26/h4-11H,3,12-14H2,1-2H3,(H,22,25). The van der Waals surface area contributed by atoms with Gasteiger partial charge in [-0.1, -0.05) is 43.3 Å². The first kappa shape index (κ1) is 17.9. The van der Waals surface area contributed by atoms with Gasteiger partial charge in [0.15, 0.2) is 0 Å². The lowest BCUT2D eigenvalue weighted by Gasteiger charge is -2.11. The fraction of sp³-hybridized carbons (Fsp3) is 0.286. The Hall–Kier alpha value is -2.95. The van der Waals surface area contributed by atoms with Gasteiger partial charge in [0.1, 0.15) is 5.69 Å². The van der Waals surface area contributed by atoms with E-state index < -0.39 is 0 Å². The minimum atomic E-state index is -0.147. The third-order valence-electron chi connectivity index (χ3n) is 4.50. The van der Waals surface area contributed by atoms with Crippen LogP contribution in [-0.2, 0) is 24.3 Å². The summed E-state index contributed by atoms with van der Waals surface area (Å²) < 4.78 is 1.63. The van der Waals surface area contributed by atoms with E-state index in [9.17, 15) is 9.59 Å². The Labute approximate surface area is 152 Å². The van der Waals surface area contributed by atoms with Gasteiger partial charge in [-0.15, -0.1) is 0 Å². The Morgan fingerprint density at radius 1 is 1.08 bits per heavy atom. The van der Waals surface area contributed by atoms with Gasteiger partial charge in [-0.2, -0.15) is 0 Å². The van der Waals surface area contributed by atoms with Crippen LogP contribution in [0, 0.1) is 6.92 Å². The third-order valence-corrected chi connectivity index (χ3v) is 4.50. The van der Waals surface area contributed by atoms with Gasteiger partial charge in [0.2, 0.25) is 5.91 Å². The van der Waals surface area contributed by atoms with Crippen molar-refractivity contribution in [3.05, 3.63) is 75.7 Å². The quantitative estimate of drug-likeness (QED) is 0.744. The summed E-state index contributed by atoms with van der Waals surface area (Å²) in [5.74, 6) is -0.0741. The minimum absolute atomic E-state index is 0.0741. The lowest BCUT2D eigenvalue weighted by Crippen LogP contribution is -2.28. The minimum Gasteiger partial charge on any atom is -0.352 e. The summed E-state index contributed by atoms with van der Waals surface area (Å²) in [5.41, 5.74) is 4.16. The van der Waals surface area contributed by atoms with Gasteiger partial charge in [0.05, 0.1) is 11.0 Å². The number of nitrogens with one attached hydrogen (secondary N) is 1. The summed E-state index contributed by atoms with van der Waals surface area (Å²) in [6.45, 7) is 4.64. The smallest absolute Gasteiger partial charge is 0.272 e. The highest BCUT2D eigenvalue weighted by atomic mass is 16.1. The first-order chi connectivity index (χ1) is 12.6. The SMILES string of the molecule is CCc1ccc(CNC(=O)CCn2c(=O)c(C)nc3ccccc32)cc1. The number of hydrogen-bond donors (Lipinski definition) is 1. The van der Waals surface area contributed by atoms with E-state index in [1.807, 2.05) is 36.4 Å². The summed E-state index contributed by atoms with van der Waals surface area (Å²) in [5, 5.41) is 2.92. The van der Waals surface area contributed by atoms with Gasteiger partial charge in [0, 0.05) is 19.5 Å². The summed E-state index contributed by atoms with van der Waals surface area (Å²) in [6.07, 6.45) is 1.25. The van der Waals surface area contributed by atoms with Crippen LogP contribution in [0.3, 0.4) is 0 Å². The van der Waals surface area contributed by atoms with Crippen molar-refractivity contribution in [3.8, 4) is 0 Å². The molecule has 0 bridgehead atoms. The number of aromatic nitrogens is 2. The van der Waals surface area contributed by atoms with Crippen molar-refractivity contribution in [2.24, 2.45) is 0 Å². The van der Waals surface area contributed by atoms with E-state index in [0.29, 0.717) is 18.8 Å². The van der Waals surface area contributed by atoms with Gasteiger partial charge >= 0.3 is 0 Å². The number of carbonyl (C=O) groups excluding carboxylic acids is 1. The van der Waals surface area contributed by atoms with Crippen molar-refractivity contribution < 1.29 is 4.79 Å². The van der Waals surface area contributed by atoms with Crippen molar-refractivity contribution in [3.63, 3.8) is 0 Å². The molecule has 1 aromatic heterocycles. The van der Waals surface area contributed by atoms with Crippen LogP contribution < -0.4 is 10.9 Å². The third kappa shape index (κ3) is 3.99. The van der Waals surface area contributed by atoms with Crippen molar-refractivity contribution in [1.29, 1.82) is 0 Å². The topological polar surface area (TPSA) is 64.0 Å². The molecule has 2 aromatic carbocycles. The zero-order valence-corrected chi connectivity index (χ0v) is 15.2. The lowest BCUT2D eigenvalue weighted by molar-refractivity contribution is -0.121. The zero-order valence-electron chi connectivity index (χ0n) is 15.2. The monoisotopic (exact) mass is 349 g/mol. The van der Waals surface area contributed by atoms with E-state index >= 15 is 0 Å². The van der Waals surface area contributed by atoms with Crippen molar-refractivity contribution >= 4 is 16.9 Å². The number of amides is 1. The van der Waals surface area contributed by atoms with Gasteiger partial charge in [-0.25, -0.2) is 4.98 Å². The Morgan fingerprint density at radius 3 is 2.50 bits per heavy atom. The average molecular weight is 349 g/mol. The molecule has 1 heterocycles.